The van der Waals surface area contributed by atoms with Gasteiger partial charge in [0.2, 0.25) is 5.91 Å². The lowest BCUT2D eigenvalue weighted by Crippen LogP contribution is -2.42. The number of benzene rings is 1. The Kier molecular flexibility index (Phi) is 5.88. The van der Waals surface area contributed by atoms with Crippen LogP contribution in [0.2, 0.25) is 0 Å². The maximum atomic E-state index is 15.4. The van der Waals surface area contributed by atoms with E-state index in [0.717, 1.165) is 0 Å². The summed E-state index contributed by atoms with van der Waals surface area (Å²) in [7, 11) is 0. The van der Waals surface area contributed by atoms with Crippen LogP contribution >= 0.6 is 11.8 Å². The van der Waals surface area contributed by atoms with Crippen LogP contribution in [0, 0.1) is 11.3 Å². The molecule has 7 nitrogen and oxygen atoms in total. The molecule has 156 valence electrons. The summed E-state index contributed by atoms with van der Waals surface area (Å²) in [6.07, 6.45) is 2.05. The monoisotopic (exact) mass is 428 g/mol. The summed E-state index contributed by atoms with van der Waals surface area (Å²) in [6, 6.07) is 8.28. The first-order valence-electron chi connectivity index (χ1n) is 9.73. The lowest BCUT2D eigenvalue weighted by molar-refractivity contribution is -0.129. The van der Waals surface area contributed by atoms with Crippen LogP contribution in [0.15, 0.2) is 30.5 Å². The third-order valence-corrected chi connectivity index (χ3v) is 6.55. The van der Waals surface area contributed by atoms with Crippen molar-refractivity contribution < 1.29 is 18.7 Å². The Bertz CT molecular complexity index is 1020. The quantitative estimate of drug-likeness (QED) is 0.803. The highest BCUT2D eigenvalue weighted by atomic mass is 32.2. The Hall–Kier alpha value is -2.70. The number of amides is 2. The largest absolute Gasteiger partial charge is 0.381 e. The topological polar surface area (TPSA) is 95.3 Å². The Morgan fingerprint density at radius 1 is 1.37 bits per heavy atom. The molecular formula is C21H21FN4O3S. The van der Waals surface area contributed by atoms with Crippen molar-refractivity contribution in [2.45, 2.75) is 24.6 Å². The van der Waals surface area contributed by atoms with E-state index in [0.29, 0.717) is 46.9 Å². The third kappa shape index (κ3) is 3.98. The molecule has 4 rings (SSSR count). The first-order valence-corrected chi connectivity index (χ1v) is 10.9. The van der Waals surface area contributed by atoms with E-state index < -0.39 is 17.6 Å². The normalized spacial score (nSPS) is 20.7. The predicted octanol–water partition coefficient (Wildman–Crippen LogP) is 2.36. The fraction of sp³-hybridized carbons (Fsp3) is 0.429. The molecule has 1 aromatic heterocycles. The number of halogens is 1. The standard InChI is InChI=1S/C21H21FN4O3S/c22-21(4-7-29-8-5-21)14-1-2-18-17(9-14)16(3-6-24-18)20(28)25-11-19(27)26-13-30-12-15(26)10-23/h1-3,6,9,15H,4-5,7-8,11-13H2,(H,25,28). The second-order valence-corrected chi connectivity index (χ2v) is 8.36. The van der Waals surface area contributed by atoms with Gasteiger partial charge in [-0.05, 0) is 23.8 Å². The molecule has 2 aliphatic rings. The van der Waals surface area contributed by atoms with Gasteiger partial charge in [0.1, 0.15) is 11.7 Å². The van der Waals surface area contributed by atoms with Gasteiger partial charge in [-0.25, -0.2) is 4.39 Å². The molecule has 2 saturated heterocycles. The minimum Gasteiger partial charge on any atom is -0.381 e. The van der Waals surface area contributed by atoms with E-state index in [4.69, 9.17) is 10.00 Å². The number of nitrogens with one attached hydrogen (secondary N) is 1. The number of aromatic nitrogens is 1. The van der Waals surface area contributed by atoms with Gasteiger partial charge >= 0.3 is 0 Å². The second kappa shape index (κ2) is 8.58. The maximum absolute atomic E-state index is 15.4. The van der Waals surface area contributed by atoms with Crippen LogP contribution in [-0.2, 0) is 15.2 Å². The molecule has 0 spiro atoms. The first-order chi connectivity index (χ1) is 14.5. The van der Waals surface area contributed by atoms with Crippen molar-refractivity contribution in [1.82, 2.24) is 15.2 Å². The molecule has 9 heteroatoms. The van der Waals surface area contributed by atoms with E-state index in [1.165, 1.54) is 22.9 Å². The van der Waals surface area contributed by atoms with Gasteiger partial charge in [-0.3, -0.25) is 14.6 Å². The maximum Gasteiger partial charge on any atom is 0.252 e. The molecule has 2 aliphatic heterocycles. The van der Waals surface area contributed by atoms with Gasteiger partial charge in [-0.2, -0.15) is 5.26 Å². The third-order valence-electron chi connectivity index (χ3n) is 5.54. The average Bonchev–Trinajstić information content (AvgIpc) is 3.26. The number of hydrogen-bond donors (Lipinski definition) is 1. The molecule has 30 heavy (non-hydrogen) atoms. The fourth-order valence-electron chi connectivity index (χ4n) is 3.75. The number of nitriles is 1. The van der Waals surface area contributed by atoms with Gasteiger partial charge < -0.3 is 15.0 Å². The number of thioether (sulfide) groups is 1. The van der Waals surface area contributed by atoms with Crippen LogP contribution in [0.3, 0.4) is 0 Å². The molecule has 1 aromatic carbocycles. The molecule has 3 heterocycles. The molecule has 1 N–H and O–H groups in total. The van der Waals surface area contributed by atoms with Gasteiger partial charge in [0.15, 0.2) is 0 Å². The van der Waals surface area contributed by atoms with E-state index >= 15 is 4.39 Å². The lowest BCUT2D eigenvalue weighted by atomic mass is 9.87. The minimum absolute atomic E-state index is 0.203. The van der Waals surface area contributed by atoms with Crippen molar-refractivity contribution in [2.24, 2.45) is 0 Å². The second-order valence-electron chi connectivity index (χ2n) is 7.36. The van der Waals surface area contributed by atoms with E-state index in [-0.39, 0.29) is 25.3 Å². The SMILES string of the molecule is N#CC1CSCN1C(=O)CNC(=O)c1ccnc2ccc(C3(F)CCOCC3)cc12. The number of carbonyl (C=O) groups excluding carboxylic acids is 2. The molecule has 2 amide bonds. The highest BCUT2D eigenvalue weighted by molar-refractivity contribution is 7.99. The number of alkyl halides is 1. The molecule has 2 aromatic rings. The van der Waals surface area contributed by atoms with Gasteiger partial charge in [0.25, 0.3) is 5.91 Å². The highest BCUT2D eigenvalue weighted by Crippen LogP contribution is 2.37. The molecule has 0 bridgehead atoms. The lowest BCUT2D eigenvalue weighted by Gasteiger charge is -2.30. The van der Waals surface area contributed by atoms with Crippen LogP contribution in [0.5, 0.6) is 0 Å². The molecular weight excluding hydrogens is 407 g/mol. The summed E-state index contributed by atoms with van der Waals surface area (Å²) in [5.74, 6) is 0.276. The van der Waals surface area contributed by atoms with Gasteiger partial charge in [-0.1, -0.05) is 6.07 Å². The van der Waals surface area contributed by atoms with Crippen molar-refractivity contribution in [3.05, 3.63) is 41.6 Å². The summed E-state index contributed by atoms with van der Waals surface area (Å²) in [5, 5.41) is 12.3. The van der Waals surface area contributed by atoms with E-state index in [2.05, 4.69) is 16.4 Å². The van der Waals surface area contributed by atoms with E-state index in [1.54, 1.807) is 24.3 Å². The number of nitrogens with zero attached hydrogens (tertiary/aromatic N) is 3. The number of carbonyl (C=O) groups is 2. The number of pyridine rings is 1. The van der Waals surface area contributed by atoms with Crippen molar-refractivity contribution >= 4 is 34.5 Å². The minimum atomic E-state index is -1.49. The fourth-order valence-corrected chi connectivity index (χ4v) is 4.86. The first kappa shape index (κ1) is 20.6. The molecule has 0 aliphatic carbocycles. The zero-order chi connectivity index (χ0) is 21.1. The average molecular weight is 428 g/mol. The summed E-state index contributed by atoms with van der Waals surface area (Å²) in [4.78, 5) is 30.9. The molecule has 0 radical (unpaired) electrons. The summed E-state index contributed by atoms with van der Waals surface area (Å²) < 4.78 is 20.7. The predicted molar refractivity (Wildman–Crippen MR) is 110 cm³/mol. The van der Waals surface area contributed by atoms with Gasteiger partial charge in [0, 0.05) is 43.4 Å². The molecule has 1 atom stereocenters. The van der Waals surface area contributed by atoms with Crippen LogP contribution in [0.4, 0.5) is 4.39 Å². The zero-order valence-electron chi connectivity index (χ0n) is 16.3. The van der Waals surface area contributed by atoms with Crippen molar-refractivity contribution in [1.29, 1.82) is 5.26 Å². The summed E-state index contributed by atoms with van der Waals surface area (Å²) in [5.41, 5.74) is -0.0830. The van der Waals surface area contributed by atoms with E-state index in [9.17, 15) is 9.59 Å². The van der Waals surface area contributed by atoms with Crippen molar-refractivity contribution in [2.75, 3.05) is 31.4 Å². The van der Waals surface area contributed by atoms with Crippen LogP contribution in [0.25, 0.3) is 10.9 Å². The van der Waals surface area contributed by atoms with Crippen LogP contribution in [0.1, 0.15) is 28.8 Å². The van der Waals surface area contributed by atoms with Gasteiger partial charge in [0.05, 0.1) is 29.6 Å². The molecule has 0 saturated carbocycles. The van der Waals surface area contributed by atoms with Crippen molar-refractivity contribution in [3.8, 4) is 6.07 Å². The van der Waals surface area contributed by atoms with E-state index in [1.807, 2.05) is 0 Å². The Labute approximate surface area is 177 Å². The van der Waals surface area contributed by atoms with Gasteiger partial charge in [-0.15, -0.1) is 11.8 Å². The Morgan fingerprint density at radius 2 is 2.17 bits per heavy atom. The number of fused-ring (bicyclic) bond motifs is 1. The molecule has 2 fully saturated rings. The smallest absolute Gasteiger partial charge is 0.252 e. The van der Waals surface area contributed by atoms with Crippen LogP contribution < -0.4 is 5.32 Å². The zero-order valence-corrected chi connectivity index (χ0v) is 17.1. The van der Waals surface area contributed by atoms with Crippen LogP contribution in [-0.4, -0.2) is 59.1 Å². The Morgan fingerprint density at radius 3 is 2.93 bits per heavy atom. The molecule has 1 unspecified atom stereocenters. The summed E-state index contributed by atoms with van der Waals surface area (Å²) in [6.45, 7) is 0.510. The number of hydrogen-bond acceptors (Lipinski definition) is 6. The number of ether oxygens (including phenoxy) is 1. The summed E-state index contributed by atoms with van der Waals surface area (Å²) >= 11 is 1.51. The number of rotatable bonds is 4. The van der Waals surface area contributed by atoms with Crippen molar-refractivity contribution in [3.63, 3.8) is 0 Å². The Balaban J connectivity index is 1.54. The highest BCUT2D eigenvalue weighted by Gasteiger charge is 2.34.